The predicted molar refractivity (Wildman–Crippen MR) is 85.4 cm³/mol. The molecule has 1 aliphatic carbocycles. The van der Waals surface area contributed by atoms with Crippen molar-refractivity contribution in [3.63, 3.8) is 0 Å². The van der Waals surface area contributed by atoms with Crippen LogP contribution in [0.1, 0.15) is 62.4 Å². The summed E-state index contributed by atoms with van der Waals surface area (Å²) < 4.78 is 0. The van der Waals surface area contributed by atoms with Crippen LogP contribution in [-0.2, 0) is 5.41 Å². The minimum atomic E-state index is -0.262. The van der Waals surface area contributed by atoms with Gasteiger partial charge in [0, 0.05) is 18.0 Å². The summed E-state index contributed by atoms with van der Waals surface area (Å²) in [6, 6.07) is 7.80. The molecule has 2 N–H and O–H groups in total. The van der Waals surface area contributed by atoms with Crippen LogP contribution in [0.4, 0.5) is 0 Å². The molecule has 0 heterocycles. The van der Waals surface area contributed by atoms with Crippen molar-refractivity contribution >= 4 is 5.91 Å². The number of aliphatic hydroxyl groups is 1. The number of benzene rings is 1. The van der Waals surface area contributed by atoms with Crippen molar-refractivity contribution in [3.05, 3.63) is 35.4 Å². The van der Waals surface area contributed by atoms with Crippen molar-refractivity contribution in [2.45, 2.75) is 58.0 Å². The number of amides is 1. The Balaban J connectivity index is 1.91. The third kappa shape index (κ3) is 4.31. The number of carbonyl (C=O) groups excluding carboxylic acids is 1. The Hall–Kier alpha value is -1.35. The SMILES string of the molecule is CC(C)(C)c1ccc(C(=O)NCC2CCCCC2O)cc1. The van der Waals surface area contributed by atoms with Crippen LogP contribution < -0.4 is 5.32 Å². The van der Waals surface area contributed by atoms with E-state index in [-0.39, 0.29) is 23.3 Å². The van der Waals surface area contributed by atoms with Crippen molar-refractivity contribution in [3.8, 4) is 0 Å². The molecule has 0 spiro atoms. The Bertz CT molecular complexity index is 473. The van der Waals surface area contributed by atoms with Gasteiger partial charge in [0.15, 0.2) is 0 Å². The summed E-state index contributed by atoms with van der Waals surface area (Å²) >= 11 is 0. The van der Waals surface area contributed by atoms with Gasteiger partial charge in [-0.05, 0) is 36.0 Å². The Labute approximate surface area is 127 Å². The van der Waals surface area contributed by atoms with Gasteiger partial charge in [-0.1, -0.05) is 45.7 Å². The molecule has 3 heteroatoms. The zero-order chi connectivity index (χ0) is 15.5. The first-order valence-electron chi connectivity index (χ1n) is 7.95. The van der Waals surface area contributed by atoms with Gasteiger partial charge in [-0.15, -0.1) is 0 Å². The molecule has 2 rings (SSSR count). The van der Waals surface area contributed by atoms with Gasteiger partial charge >= 0.3 is 0 Å². The van der Waals surface area contributed by atoms with Gasteiger partial charge in [0.1, 0.15) is 0 Å². The van der Waals surface area contributed by atoms with Crippen molar-refractivity contribution in [1.29, 1.82) is 0 Å². The quantitative estimate of drug-likeness (QED) is 0.897. The summed E-state index contributed by atoms with van der Waals surface area (Å²) in [4.78, 5) is 12.2. The van der Waals surface area contributed by atoms with Crippen molar-refractivity contribution in [1.82, 2.24) is 5.32 Å². The number of aliphatic hydroxyl groups excluding tert-OH is 1. The van der Waals surface area contributed by atoms with Crippen molar-refractivity contribution in [2.75, 3.05) is 6.54 Å². The molecule has 0 saturated heterocycles. The number of nitrogens with one attached hydrogen (secondary N) is 1. The van der Waals surface area contributed by atoms with Crippen LogP contribution in [-0.4, -0.2) is 23.7 Å². The van der Waals surface area contributed by atoms with E-state index in [1.807, 2.05) is 24.3 Å². The second-order valence-corrected chi connectivity index (χ2v) is 7.15. The maximum atomic E-state index is 12.2. The fraction of sp³-hybridized carbons (Fsp3) is 0.611. The van der Waals surface area contributed by atoms with Crippen LogP contribution >= 0.6 is 0 Å². The molecule has 0 aliphatic heterocycles. The first-order valence-corrected chi connectivity index (χ1v) is 7.95. The van der Waals surface area contributed by atoms with Crippen molar-refractivity contribution < 1.29 is 9.90 Å². The summed E-state index contributed by atoms with van der Waals surface area (Å²) in [7, 11) is 0. The largest absolute Gasteiger partial charge is 0.393 e. The zero-order valence-corrected chi connectivity index (χ0v) is 13.4. The summed E-state index contributed by atoms with van der Waals surface area (Å²) in [5.74, 6) is 0.157. The molecule has 21 heavy (non-hydrogen) atoms. The van der Waals surface area contributed by atoms with Gasteiger partial charge in [0.25, 0.3) is 5.91 Å². The molecular formula is C18H27NO2. The first kappa shape index (κ1) is 16.0. The standard InChI is InChI=1S/C18H27NO2/c1-18(2,3)15-10-8-13(9-11-15)17(21)19-12-14-6-4-5-7-16(14)20/h8-11,14,16,20H,4-7,12H2,1-3H3,(H,19,21). The van der Waals surface area contributed by atoms with E-state index in [0.29, 0.717) is 12.1 Å². The zero-order valence-electron chi connectivity index (χ0n) is 13.4. The highest BCUT2D eigenvalue weighted by Crippen LogP contribution is 2.24. The van der Waals surface area contributed by atoms with Gasteiger partial charge in [-0.25, -0.2) is 0 Å². The molecule has 2 atom stereocenters. The predicted octanol–water partition coefficient (Wildman–Crippen LogP) is 3.27. The molecule has 3 nitrogen and oxygen atoms in total. The second kappa shape index (κ2) is 6.61. The van der Waals surface area contributed by atoms with E-state index >= 15 is 0 Å². The fourth-order valence-corrected chi connectivity index (χ4v) is 2.87. The van der Waals surface area contributed by atoms with E-state index in [2.05, 4.69) is 26.1 Å². The summed E-state index contributed by atoms with van der Waals surface area (Å²) in [6.07, 6.45) is 3.85. The van der Waals surface area contributed by atoms with Gasteiger partial charge in [0.05, 0.1) is 6.10 Å². The minimum absolute atomic E-state index is 0.0479. The highest BCUT2D eigenvalue weighted by molar-refractivity contribution is 5.94. The Morgan fingerprint density at radius 3 is 2.38 bits per heavy atom. The summed E-state index contributed by atoms with van der Waals surface area (Å²) in [6.45, 7) is 7.05. The number of hydrogen-bond acceptors (Lipinski definition) is 2. The molecule has 0 radical (unpaired) electrons. The smallest absolute Gasteiger partial charge is 0.251 e. The van der Waals surface area contributed by atoms with Crippen LogP contribution in [0.25, 0.3) is 0 Å². The number of carbonyl (C=O) groups is 1. The molecule has 1 aromatic carbocycles. The van der Waals surface area contributed by atoms with E-state index in [1.54, 1.807) is 0 Å². The molecule has 1 saturated carbocycles. The Morgan fingerprint density at radius 1 is 1.19 bits per heavy atom. The molecule has 1 aliphatic rings. The van der Waals surface area contributed by atoms with Crippen LogP contribution in [0.15, 0.2) is 24.3 Å². The highest BCUT2D eigenvalue weighted by Gasteiger charge is 2.23. The number of hydrogen-bond donors (Lipinski definition) is 2. The summed E-state index contributed by atoms with van der Waals surface area (Å²) in [5, 5.41) is 12.9. The van der Waals surface area contributed by atoms with E-state index in [0.717, 1.165) is 25.7 Å². The molecule has 116 valence electrons. The van der Waals surface area contributed by atoms with Crippen LogP contribution in [0.5, 0.6) is 0 Å². The molecule has 1 amide bonds. The average Bonchev–Trinajstić information content (AvgIpc) is 2.45. The number of rotatable bonds is 3. The van der Waals surface area contributed by atoms with Gasteiger partial charge in [0.2, 0.25) is 0 Å². The molecule has 2 unspecified atom stereocenters. The van der Waals surface area contributed by atoms with E-state index in [1.165, 1.54) is 5.56 Å². The lowest BCUT2D eigenvalue weighted by Gasteiger charge is -2.27. The highest BCUT2D eigenvalue weighted by atomic mass is 16.3. The second-order valence-electron chi connectivity index (χ2n) is 7.15. The van der Waals surface area contributed by atoms with Crippen LogP contribution in [0.3, 0.4) is 0 Å². The van der Waals surface area contributed by atoms with E-state index in [4.69, 9.17) is 0 Å². The van der Waals surface area contributed by atoms with Crippen LogP contribution in [0.2, 0.25) is 0 Å². The third-order valence-electron chi connectivity index (χ3n) is 4.41. The maximum absolute atomic E-state index is 12.2. The minimum Gasteiger partial charge on any atom is -0.393 e. The Morgan fingerprint density at radius 2 is 1.81 bits per heavy atom. The lowest BCUT2D eigenvalue weighted by molar-refractivity contribution is 0.0663. The lowest BCUT2D eigenvalue weighted by Crippen LogP contribution is -2.36. The third-order valence-corrected chi connectivity index (χ3v) is 4.41. The monoisotopic (exact) mass is 289 g/mol. The average molecular weight is 289 g/mol. The van der Waals surface area contributed by atoms with Crippen LogP contribution in [0, 0.1) is 5.92 Å². The van der Waals surface area contributed by atoms with Gasteiger partial charge < -0.3 is 10.4 Å². The maximum Gasteiger partial charge on any atom is 0.251 e. The topological polar surface area (TPSA) is 49.3 Å². The van der Waals surface area contributed by atoms with Crippen molar-refractivity contribution in [2.24, 2.45) is 5.92 Å². The molecule has 1 fully saturated rings. The normalized spacial score (nSPS) is 22.9. The first-order chi connectivity index (χ1) is 9.88. The summed E-state index contributed by atoms with van der Waals surface area (Å²) in [5.41, 5.74) is 2.01. The molecule has 0 aromatic heterocycles. The van der Waals surface area contributed by atoms with E-state index in [9.17, 15) is 9.90 Å². The van der Waals surface area contributed by atoms with Gasteiger partial charge in [-0.2, -0.15) is 0 Å². The fourth-order valence-electron chi connectivity index (χ4n) is 2.87. The van der Waals surface area contributed by atoms with Gasteiger partial charge in [-0.3, -0.25) is 4.79 Å². The van der Waals surface area contributed by atoms with E-state index < -0.39 is 0 Å². The Kier molecular flexibility index (Phi) is 5.04. The molecule has 0 bridgehead atoms. The lowest BCUT2D eigenvalue weighted by atomic mass is 9.86. The molecular weight excluding hydrogens is 262 g/mol. The molecule has 1 aromatic rings.